The van der Waals surface area contributed by atoms with E-state index in [1.165, 1.54) is 7.05 Å². The molecule has 0 saturated carbocycles. The lowest BCUT2D eigenvalue weighted by Crippen LogP contribution is -2.18. The third-order valence-corrected chi connectivity index (χ3v) is 4.13. The molecule has 0 bridgehead atoms. The highest BCUT2D eigenvalue weighted by atomic mass is 32.2. The highest BCUT2D eigenvalue weighted by Crippen LogP contribution is 2.15. The van der Waals surface area contributed by atoms with Gasteiger partial charge in [0.2, 0.25) is 10.0 Å². The molecule has 5 nitrogen and oxygen atoms in total. The number of hydrogen-bond donors (Lipinski definition) is 2. The standard InChI is InChI=1S/C13H16N2O3S/c1-10-3-6-12(18-10)9-15-11-4-7-13(8-5-11)19(16,17)14-2/h3-8,14-15H,9H2,1-2H3. The number of furan rings is 1. The molecule has 0 aliphatic heterocycles. The number of aryl methyl sites for hydroxylation is 1. The van der Waals surface area contributed by atoms with E-state index in [2.05, 4.69) is 10.0 Å². The van der Waals surface area contributed by atoms with Crippen LogP contribution < -0.4 is 10.0 Å². The Labute approximate surface area is 112 Å². The van der Waals surface area contributed by atoms with E-state index in [1.807, 2.05) is 19.1 Å². The van der Waals surface area contributed by atoms with Gasteiger partial charge < -0.3 is 9.73 Å². The molecule has 6 heteroatoms. The Hall–Kier alpha value is -1.79. The molecule has 0 spiro atoms. The number of anilines is 1. The van der Waals surface area contributed by atoms with Gasteiger partial charge in [0.05, 0.1) is 11.4 Å². The van der Waals surface area contributed by atoms with Gasteiger partial charge in [-0.1, -0.05) is 0 Å². The van der Waals surface area contributed by atoms with Crippen molar-refractivity contribution in [3.63, 3.8) is 0 Å². The van der Waals surface area contributed by atoms with Gasteiger partial charge in [0.1, 0.15) is 11.5 Å². The summed E-state index contributed by atoms with van der Waals surface area (Å²) in [5.41, 5.74) is 0.837. The summed E-state index contributed by atoms with van der Waals surface area (Å²) in [7, 11) is -1.99. The Balaban J connectivity index is 2.03. The minimum absolute atomic E-state index is 0.245. The van der Waals surface area contributed by atoms with Crippen LogP contribution in [0.4, 0.5) is 5.69 Å². The maximum atomic E-state index is 11.5. The van der Waals surface area contributed by atoms with E-state index in [1.54, 1.807) is 24.3 Å². The summed E-state index contributed by atoms with van der Waals surface area (Å²) in [5.74, 6) is 1.71. The smallest absolute Gasteiger partial charge is 0.240 e. The van der Waals surface area contributed by atoms with E-state index >= 15 is 0 Å². The Morgan fingerprint density at radius 2 is 1.79 bits per heavy atom. The van der Waals surface area contributed by atoms with Crippen LogP contribution in [0.25, 0.3) is 0 Å². The molecule has 0 aliphatic carbocycles. The van der Waals surface area contributed by atoms with Crippen LogP contribution in [0, 0.1) is 6.92 Å². The van der Waals surface area contributed by atoms with Gasteiger partial charge in [0, 0.05) is 5.69 Å². The molecule has 0 unspecified atom stereocenters. The van der Waals surface area contributed by atoms with E-state index in [9.17, 15) is 8.42 Å². The molecule has 0 radical (unpaired) electrons. The molecule has 2 N–H and O–H groups in total. The van der Waals surface area contributed by atoms with Gasteiger partial charge in [-0.3, -0.25) is 0 Å². The summed E-state index contributed by atoms with van der Waals surface area (Å²) >= 11 is 0. The third kappa shape index (κ3) is 3.36. The van der Waals surface area contributed by atoms with Crippen LogP contribution in [0.15, 0.2) is 45.7 Å². The Kier molecular flexibility index (Phi) is 3.92. The first-order valence-electron chi connectivity index (χ1n) is 5.84. The normalized spacial score (nSPS) is 11.5. The fraction of sp³-hybridized carbons (Fsp3) is 0.231. The quantitative estimate of drug-likeness (QED) is 0.880. The third-order valence-electron chi connectivity index (χ3n) is 2.70. The molecular weight excluding hydrogens is 264 g/mol. The van der Waals surface area contributed by atoms with E-state index in [0.29, 0.717) is 6.54 Å². The first-order chi connectivity index (χ1) is 9.01. The zero-order valence-corrected chi connectivity index (χ0v) is 11.6. The highest BCUT2D eigenvalue weighted by Gasteiger charge is 2.10. The van der Waals surface area contributed by atoms with Crippen LogP contribution >= 0.6 is 0 Å². The van der Waals surface area contributed by atoms with Gasteiger partial charge in [0.15, 0.2) is 0 Å². The predicted molar refractivity (Wildman–Crippen MR) is 73.5 cm³/mol. The van der Waals surface area contributed by atoms with Crippen LogP contribution in [0.5, 0.6) is 0 Å². The highest BCUT2D eigenvalue weighted by molar-refractivity contribution is 7.89. The van der Waals surface area contributed by atoms with Gasteiger partial charge in [-0.2, -0.15) is 0 Å². The molecule has 19 heavy (non-hydrogen) atoms. The van der Waals surface area contributed by atoms with Crippen molar-refractivity contribution in [2.45, 2.75) is 18.4 Å². The lowest BCUT2D eigenvalue weighted by Gasteiger charge is -2.06. The van der Waals surface area contributed by atoms with Crippen molar-refractivity contribution < 1.29 is 12.8 Å². The molecule has 1 aromatic carbocycles. The van der Waals surface area contributed by atoms with Crippen molar-refractivity contribution >= 4 is 15.7 Å². The summed E-state index contributed by atoms with van der Waals surface area (Å²) in [6.07, 6.45) is 0. The second-order valence-corrected chi connectivity index (χ2v) is 5.98. The van der Waals surface area contributed by atoms with E-state index < -0.39 is 10.0 Å². The van der Waals surface area contributed by atoms with Crippen LogP contribution in [0.3, 0.4) is 0 Å². The molecular formula is C13H16N2O3S. The van der Waals surface area contributed by atoms with Crippen molar-refractivity contribution in [3.8, 4) is 0 Å². The minimum atomic E-state index is -3.38. The molecule has 1 aromatic heterocycles. The lowest BCUT2D eigenvalue weighted by molar-refractivity contribution is 0.490. The largest absolute Gasteiger partial charge is 0.465 e. The zero-order valence-electron chi connectivity index (χ0n) is 10.8. The van der Waals surface area contributed by atoms with Crippen molar-refractivity contribution in [1.29, 1.82) is 0 Å². The fourth-order valence-electron chi connectivity index (χ4n) is 1.64. The number of benzene rings is 1. The van der Waals surface area contributed by atoms with Gasteiger partial charge in [-0.25, -0.2) is 13.1 Å². The number of nitrogens with one attached hydrogen (secondary N) is 2. The van der Waals surface area contributed by atoms with Crippen LogP contribution in [0.1, 0.15) is 11.5 Å². The van der Waals surface area contributed by atoms with Gasteiger partial charge in [-0.05, 0) is 50.4 Å². The second-order valence-electron chi connectivity index (χ2n) is 4.10. The van der Waals surface area contributed by atoms with Crippen molar-refractivity contribution in [1.82, 2.24) is 4.72 Å². The van der Waals surface area contributed by atoms with Crippen LogP contribution in [-0.2, 0) is 16.6 Å². The monoisotopic (exact) mass is 280 g/mol. The summed E-state index contributed by atoms with van der Waals surface area (Å²) in [4.78, 5) is 0.245. The zero-order chi connectivity index (χ0) is 13.9. The summed E-state index contributed by atoms with van der Waals surface area (Å²) in [6.45, 7) is 2.45. The van der Waals surface area contributed by atoms with E-state index in [0.717, 1.165) is 17.2 Å². The molecule has 2 aromatic rings. The summed E-state index contributed by atoms with van der Waals surface area (Å²) < 4.78 is 30.8. The first kappa shape index (κ1) is 13.6. The number of sulfonamides is 1. The molecule has 2 rings (SSSR count). The van der Waals surface area contributed by atoms with Crippen molar-refractivity contribution in [2.24, 2.45) is 0 Å². The fourth-order valence-corrected chi connectivity index (χ4v) is 2.37. The number of rotatable bonds is 5. The number of hydrogen-bond acceptors (Lipinski definition) is 4. The Bertz CT molecular complexity index is 645. The SMILES string of the molecule is CNS(=O)(=O)c1ccc(NCc2ccc(C)o2)cc1. The van der Waals surface area contributed by atoms with Gasteiger partial charge >= 0.3 is 0 Å². The van der Waals surface area contributed by atoms with E-state index in [-0.39, 0.29) is 4.90 Å². The average Bonchev–Trinajstić information content (AvgIpc) is 2.83. The lowest BCUT2D eigenvalue weighted by atomic mass is 10.3. The van der Waals surface area contributed by atoms with E-state index in [4.69, 9.17) is 4.42 Å². The van der Waals surface area contributed by atoms with Gasteiger partial charge in [-0.15, -0.1) is 0 Å². The summed E-state index contributed by atoms with van der Waals surface area (Å²) in [5, 5.41) is 3.16. The maximum absolute atomic E-state index is 11.5. The predicted octanol–water partition coefficient (Wildman–Crippen LogP) is 2.11. The first-order valence-corrected chi connectivity index (χ1v) is 7.32. The maximum Gasteiger partial charge on any atom is 0.240 e. The Morgan fingerprint density at radius 1 is 1.11 bits per heavy atom. The topological polar surface area (TPSA) is 71.3 Å². The second kappa shape index (κ2) is 5.46. The molecule has 102 valence electrons. The van der Waals surface area contributed by atoms with Crippen LogP contribution in [-0.4, -0.2) is 15.5 Å². The van der Waals surface area contributed by atoms with Crippen LogP contribution in [0.2, 0.25) is 0 Å². The minimum Gasteiger partial charge on any atom is -0.465 e. The van der Waals surface area contributed by atoms with Crippen molar-refractivity contribution in [3.05, 3.63) is 47.9 Å². The summed E-state index contributed by atoms with van der Waals surface area (Å²) in [6, 6.07) is 10.4. The molecule has 1 heterocycles. The molecule has 0 amide bonds. The molecule has 0 fully saturated rings. The van der Waals surface area contributed by atoms with Crippen molar-refractivity contribution in [2.75, 3.05) is 12.4 Å². The molecule has 0 aliphatic rings. The average molecular weight is 280 g/mol. The Morgan fingerprint density at radius 3 is 2.32 bits per heavy atom. The molecule has 0 atom stereocenters. The van der Waals surface area contributed by atoms with Gasteiger partial charge in [0.25, 0.3) is 0 Å². The molecule has 0 saturated heterocycles.